The van der Waals surface area contributed by atoms with Gasteiger partial charge in [0.15, 0.2) is 0 Å². The van der Waals surface area contributed by atoms with Crippen molar-refractivity contribution < 1.29 is 76.4 Å². The zero-order valence-electron chi connectivity index (χ0n) is 45.0. The number of urea groups is 2. The number of likely N-dealkylation sites (N-methyl/N-ethyl adjacent to an activating group) is 4. The number of nitrogens with zero attached hydrogens (tertiary/aromatic N) is 4. The first kappa shape index (κ1) is 59.3. The van der Waals surface area contributed by atoms with E-state index in [1.165, 1.54) is 52.5 Å². The fourth-order valence-corrected chi connectivity index (χ4v) is 9.92. The van der Waals surface area contributed by atoms with E-state index in [0.717, 1.165) is 83.1 Å². The molecule has 2 aromatic carbocycles. The van der Waals surface area contributed by atoms with Crippen LogP contribution in [0, 0.1) is 23.7 Å². The first-order valence-electron chi connectivity index (χ1n) is 26.6. The van der Waals surface area contributed by atoms with Crippen LogP contribution in [0.25, 0.3) is 12.2 Å². The van der Waals surface area contributed by atoms with Gasteiger partial charge in [-0.1, -0.05) is 13.2 Å². The summed E-state index contributed by atoms with van der Waals surface area (Å²) in [5, 5.41) is 0. The summed E-state index contributed by atoms with van der Waals surface area (Å²) in [7, 11) is 5.13. The number of carbonyl (C=O) groups excluding carboxylic acids is 10. The summed E-state index contributed by atoms with van der Waals surface area (Å²) in [6, 6.07) is 7.95. The van der Waals surface area contributed by atoms with E-state index in [1.807, 2.05) is 0 Å². The number of hydrogen-bond acceptors (Lipinski definition) is 16. The van der Waals surface area contributed by atoms with Crippen molar-refractivity contribution in [2.75, 3.05) is 54.6 Å². The molecule has 2 heterocycles. The molecule has 20 heteroatoms. The van der Waals surface area contributed by atoms with Crippen LogP contribution in [0.3, 0.4) is 0 Å². The monoisotopic (exact) mass is 1080 g/mol. The highest BCUT2D eigenvalue weighted by atomic mass is 16.5. The van der Waals surface area contributed by atoms with E-state index in [9.17, 15) is 47.9 Å². The summed E-state index contributed by atoms with van der Waals surface area (Å²) < 4.78 is 34.0. The largest absolute Gasteiger partial charge is 0.493 e. The first-order valence-corrected chi connectivity index (χ1v) is 26.6. The molecular formula is C58H70N4O16. The number of hydrogen-bond donors (Lipinski definition) is 0. The lowest BCUT2D eigenvalue weighted by Gasteiger charge is -2.36. The van der Waals surface area contributed by atoms with Crippen LogP contribution in [0.1, 0.15) is 114 Å². The molecule has 0 spiro atoms. The number of rotatable bonds is 25. The molecule has 2 saturated carbocycles. The molecule has 0 unspecified atom stereocenters. The topological polar surface area (TPSA) is 239 Å². The van der Waals surface area contributed by atoms with Gasteiger partial charge in [-0.3, -0.25) is 48.4 Å². The zero-order chi connectivity index (χ0) is 56.5. The van der Waals surface area contributed by atoms with Gasteiger partial charge in [0.1, 0.15) is 34.1 Å². The Hall–Kier alpha value is -7.90. The van der Waals surface area contributed by atoms with Crippen LogP contribution in [-0.4, -0.2) is 134 Å². The lowest BCUT2D eigenvalue weighted by atomic mass is 9.69. The van der Waals surface area contributed by atoms with Crippen molar-refractivity contribution in [1.82, 2.24) is 19.6 Å². The van der Waals surface area contributed by atoms with Crippen LogP contribution >= 0.6 is 0 Å². The van der Waals surface area contributed by atoms with Crippen molar-refractivity contribution in [3.05, 3.63) is 84.0 Å². The fourth-order valence-electron chi connectivity index (χ4n) is 9.92. The van der Waals surface area contributed by atoms with Crippen molar-refractivity contribution in [3.63, 3.8) is 0 Å². The maximum atomic E-state index is 13.7. The Morgan fingerprint density at radius 2 is 0.795 bits per heavy atom. The summed E-state index contributed by atoms with van der Waals surface area (Å²) in [6.07, 6.45) is 16.4. The molecule has 4 aliphatic rings. The summed E-state index contributed by atoms with van der Waals surface area (Å²) >= 11 is 0. The molecule has 0 aromatic heterocycles. The first-order chi connectivity index (χ1) is 37.4. The number of imide groups is 4. The predicted octanol–water partition coefficient (Wildman–Crippen LogP) is 8.01. The lowest BCUT2D eigenvalue weighted by Crippen LogP contribution is -2.52. The molecule has 2 aliphatic heterocycles. The molecule has 0 radical (unpaired) electrons. The Labute approximate surface area is 454 Å². The van der Waals surface area contributed by atoms with Crippen molar-refractivity contribution in [2.45, 2.75) is 103 Å². The third kappa shape index (κ3) is 15.6. The minimum absolute atomic E-state index is 0.199. The Bertz CT molecular complexity index is 2460. The standard InChI is InChI=1S/C58H70N4O16/c1-7-49(63)75-31-15-11-9-13-29-73-47-27-25-43(33-41(47)35-45-51(65)59(3)57(71)60(4)52(45)66)77-55(69)39-21-17-37(18-22-39)38-19-23-40(24-20-38)56(70)78-44-26-28-48(74-30-14-10-12-16-32-76-50(64)8-2)42(34-44)36-46-53(67)61(5)58(72)62(6)54(46)68/h7-8,25-28,33-40H,1-2,9-24,29-32H2,3-6H3. The Morgan fingerprint density at radius 1 is 0.474 bits per heavy atom. The van der Waals surface area contributed by atoms with E-state index in [-0.39, 0.29) is 47.7 Å². The number of unbranched alkanes of at least 4 members (excludes halogenated alkanes) is 6. The second-order valence-electron chi connectivity index (χ2n) is 19.9. The average Bonchev–Trinajstić information content (AvgIpc) is 3.47. The average molecular weight is 1080 g/mol. The smallest absolute Gasteiger partial charge is 0.333 e. The van der Waals surface area contributed by atoms with Crippen molar-refractivity contribution >= 4 is 71.7 Å². The van der Waals surface area contributed by atoms with E-state index in [2.05, 4.69) is 13.2 Å². The summed E-state index contributed by atoms with van der Waals surface area (Å²) in [5.41, 5.74) is 0.104. The van der Waals surface area contributed by atoms with Gasteiger partial charge in [-0.25, -0.2) is 19.2 Å². The van der Waals surface area contributed by atoms with Crippen molar-refractivity contribution in [1.29, 1.82) is 0 Å². The molecule has 0 atom stereocenters. The molecule has 78 heavy (non-hydrogen) atoms. The maximum absolute atomic E-state index is 13.7. The number of carbonyl (C=O) groups is 10. The number of barbiturate groups is 2. The molecule has 20 nitrogen and oxygen atoms in total. The third-order valence-corrected chi connectivity index (χ3v) is 14.6. The quantitative estimate of drug-likeness (QED) is 0.0301. The van der Waals surface area contributed by atoms with Gasteiger partial charge in [-0.15, -0.1) is 0 Å². The second kappa shape index (κ2) is 28.5. The molecule has 2 aliphatic carbocycles. The Kier molecular flexibility index (Phi) is 21.7. The second-order valence-corrected chi connectivity index (χ2v) is 19.9. The molecule has 2 saturated heterocycles. The van der Waals surface area contributed by atoms with Crippen LogP contribution < -0.4 is 18.9 Å². The summed E-state index contributed by atoms with van der Waals surface area (Å²) in [5.74, 6) is -3.80. The van der Waals surface area contributed by atoms with Gasteiger partial charge in [-0.2, -0.15) is 0 Å². The van der Waals surface area contributed by atoms with E-state index in [0.29, 0.717) is 99.0 Å². The van der Waals surface area contributed by atoms with Crippen LogP contribution in [0.4, 0.5) is 9.59 Å². The molecule has 0 N–H and O–H groups in total. The van der Waals surface area contributed by atoms with Gasteiger partial charge in [0.25, 0.3) is 23.6 Å². The van der Waals surface area contributed by atoms with Gasteiger partial charge < -0.3 is 28.4 Å². The van der Waals surface area contributed by atoms with Gasteiger partial charge in [0, 0.05) is 51.5 Å². The third-order valence-electron chi connectivity index (χ3n) is 14.6. The Morgan fingerprint density at radius 3 is 1.12 bits per heavy atom. The zero-order valence-corrected chi connectivity index (χ0v) is 45.0. The maximum Gasteiger partial charge on any atom is 0.333 e. The van der Waals surface area contributed by atoms with Gasteiger partial charge >= 0.3 is 35.9 Å². The highest BCUT2D eigenvalue weighted by molar-refractivity contribution is 6.31. The highest BCUT2D eigenvalue weighted by Crippen LogP contribution is 2.42. The summed E-state index contributed by atoms with van der Waals surface area (Å²) in [4.78, 5) is 131. The van der Waals surface area contributed by atoms with E-state index >= 15 is 0 Å². The van der Waals surface area contributed by atoms with Crippen molar-refractivity contribution in [2.24, 2.45) is 23.7 Å². The van der Waals surface area contributed by atoms with E-state index in [1.54, 1.807) is 24.3 Å². The van der Waals surface area contributed by atoms with Crippen LogP contribution in [0.15, 0.2) is 72.9 Å². The van der Waals surface area contributed by atoms with Crippen LogP contribution in [0.5, 0.6) is 23.0 Å². The molecule has 2 aromatic rings. The van der Waals surface area contributed by atoms with Crippen LogP contribution in [0.2, 0.25) is 0 Å². The van der Waals surface area contributed by atoms with Gasteiger partial charge in [0.2, 0.25) is 0 Å². The predicted molar refractivity (Wildman–Crippen MR) is 283 cm³/mol. The fraction of sp³-hybridized carbons (Fsp3) is 0.483. The SMILES string of the molecule is C=CC(=O)OCCCCCCOc1ccc(OC(=O)C2CCC(C3CCC(C(=O)Oc4ccc(OCCCCCCOC(=O)C=C)c(C=C5C(=O)N(C)C(=O)N(C)C5=O)c4)CC3)CC2)cc1C=C1C(=O)N(C)C(=O)N(C)C1=O. The molecule has 8 amide bonds. The normalized spacial score (nSPS) is 19.8. The summed E-state index contributed by atoms with van der Waals surface area (Å²) in [6.45, 7) is 7.92. The number of esters is 4. The number of amides is 8. The number of ether oxygens (including phenoxy) is 6. The molecule has 0 bridgehead atoms. The van der Waals surface area contributed by atoms with Gasteiger partial charge in [-0.05, 0) is 163 Å². The Balaban J connectivity index is 1.02. The van der Waals surface area contributed by atoms with Crippen LogP contribution in [-0.2, 0) is 47.8 Å². The highest BCUT2D eigenvalue weighted by Gasteiger charge is 2.40. The lowest BCUT2D eigenvalue weighted by molar-refractivity contribution is -0.142. The minimum atomic E-state index is -0.781. The van der Waals surface area contributed by atoms with Gasteiger partial charge in [0.05, 0.1) is 38.3 Å². The molecule has 418 valence electrons. The molecular weight excluding hydrogens is 1010 g/mol. The minimum Gasteiger partial charge on any atom is -0.493 e. The molecule has 6 rings (SSSR count). The number of benzene rings is 2. The van der Waals surface area contributed by atoms with E-state index in [4.69, 9.17) is 28.4 Å². The molecule has 4 fully saturated rings. The van der Waals surface area contributed by atoms with Crippen molar-refractivity contribution in [3.8, 4) is 23.0 Å². The van der Waals surface area contributed by atoms with E-state index < -0.39 is 59.6 Å².